The van der Waals surface area contributed by atoms with Crippen LogP contribution in [0.3, 0.4) is 0 Å². The minimum atomic E-state index is -0.187. The number of hydrogen-bond acceptors (Lipinski definition) is 5. The van der Waals surface area contributed by atoms with Gasteiger partial charge in [-0.25, -0.2) is 0 Å². The molecule has 1 fully saturated rings. The van der Waals surface area contributed by atoms with E-state index in [4.69, 9.17) is 9.47 Å². The number of methoxy groups -OCH3 is 2. The molecular formula is C25H34N2O3. The molecule has 1 aliphatic carbocycles. The van der Waals surface area contributed by atoms with E-state index in [1.54, 1.807) is 14.2 Å². The molecule has 0 unspecified atom stereocenters. The summed E-state index contributed by atoms with van der Waals surface area (Å²) in [6, 6.07) is 12.6. The van der Waals surface area contributed by atoms with Gasteiger partial charge in [0.15, 0.2) is 11.5 Å². The van der Waals surface area contributed by atoms with E-state index in [1.807, 2.05) is 39.0 Å². The number of nitriles is 1. The third kappa shape index (κ3) is 5.90. The van der Waals surface area contributed by atoms with Crippen molar-refractivity contribution >= 4 is 5.69 Å². The molecule has 0 bridgehead atoms. The van der Waals surface area contributed by atoms with Crippen molar-refractivity contribution in [1.82, 2.24) is 0 Å². The van der Waals surface area contributed by atoms with Crippen LogP contribution in [0, 0.1) is 18.3 Å². The van der Waals surface area contributed by atoms with E-state index < -0.39 is 0 Å². The summed E-state index contributed by atoms with van der Waals surface area (Å²) in [7, 11) is 3.29. The Balaban J connectivity index is 0.00000155. The van der Waals surface area contributed by atoms with Gasteiger partial charge in [-0.2, -0.15) is 5.26 Å². The second kappa shape index (κ2) is 11.5. The average molecular weight is 411 g/mol. The number of aliphatic hydroxyl groups is 1. The van der Waals surface area contributed by atoms with Crippen LogP contribution >= 0.6 is 0 Å². The standard InChI is InChI=1S/C23H28N2O3.C2H6/c1-15-10-17(13-22(27-2)23(15)28-3)11-16-4-5-18(14-24)21(12-16)25-19-6-8-20(26)9-7-19;1-2/h4-5,10,12-13,19-20,25-26H,6-9,11H2,1-3H3;1-2H3. The van der Waals surface area contributed by atoms with Crippen molar-refractivity contribution in [3.05, 3.63) is 52.6 Å². The molecule has 30 heavy (non-hydrogen) atoms. The number of aryl methyl sites for hydroxylation is 1. The predicted octanol–water partition coefficient (Wildman–Crippen LogP) is 5.22. The number of rotatable bonds is 6. The lowest BCUT2D eigenvalue weighted by Crippen LogP contribution is -2.28. The lowest BCUT2D eigenvalue weighted by atomic mass is 9.92. The molecule has 5 heteroatoms. The number of aliphatic hydroxyl groups excluding tert-OH is 1. The highest BCUT2D eigenvalue weighted by Crippen LogP contribution is 2.33. The molecule has 2 N–H and O–H groups in total. The first kappa shape index (κ1) is 23.6. The van der Waals surface area contributed by atoms with Crippen molar-refractivity contribution in [3.8, 4) is 17.6 Å². The van der Waals surface area contributed by atoms with Crippen molar-refractivity contribution < 1.29 is 14.6 Å². The maximum Gasteiger partial charge on any atom is 0.163 e. The Hall–Kier alpha value is -2.71. The molecule has 0 heterocycles. The lowest BCUT2D eigenvalue weighted by Gasteiger charge is -2.27. The Labute approximate surface area is 180 Å². The van der Waals surface area contributed by atoms with Crippen molar-refractivity contribution in [3.63, 3.8) is 0 Å². The van der Waals surface area contributed by atoms with Crippen LogP contribution in [0.4, 0.5) is 5.69 Å². The molecule has 0 radical (unpaired) electrons. The average Bonchev–Trinajstić information content (AvgIpc) is 2.76. The Morgan fingerprint density at radius 2 is 1.73 bits per heavy atom. The van der Waals surface area contributed by atoms with Crippen LogP contribution in [0.5, 0.6) is 11.5 Å². The van der Waals surface area contributed by atoms with E-state index in [0.29, 0.717) is 11.6 Å². The summed E-state index contributed by atoms with van der Waals surface area (Å²) < 4.78 is 10.9. The molecule has 1 aliphatic rings. The van der Waals surface area contributed by atoms with Gasteiger partial charge in [0.2, 0.25) is 0 Å². The highest BCUT2D eigenvalue weighted by atomic mass is 16.5. The number of benzene rings is 2. The van der Waals surface area contributed by atoms with Gasteiger partial charge in [-0.05, 0) is 73.9 Å². The van der Waals surface area contributed by atoms with Crippen LogP contribution in [-0.4, -0.2) is 31.5 Å². The fraction of sp³-hybridized carbons (Fsp3) is 0.480. The van der Waals surface area contributed by atoms with Gasteiger partial charge in [0.05, 0.1) is 31.6 Å². The molecule has 3 rings (SSSR count). The molecular weight excluding hydrogens is 376 g/mol. The van der Waals surface area contributed by atoms with E-state index in [1.165, 1.54) is 0 Å². The number of hydrogen-bond donors (Lipinski definition) is 2. The zero-order valence-electron chi connectivity index (χ0n) is 18.8. The largest absolute Gasteiger partial charge is 0.493 e. The third-order valence-electron chi connectivity index (χ3n) is 5.39. The van der Waals surface area contributed by atoms with E-state index in [0.717, 1.165) is 66.0 Å². The zero-order valence-corrected chi connectivity index (χ0v) is 18.8. The SMILES string of the molecule is CC.COc1cc(Cc2ccc(C#N)c(NC3CCC(O)CC3)c2)cc(C)c1OC. The van der Waals surface area contributed by atoms with Crippen LogP contribution in [0.2, 0.25) is 0 Å². The van der Waals surface area contributed by atoms with Crippen molar-refractivity contribution in [2.24, 2.45) is 0 Å². The predicted molar refractivity (Wildman–Crippen MR) is 121 cm³/mol. The zero-order chi connectivity index (χ0) is 22.1. The molecule has 5 nitrogen and oxygen atoms in total. The molecule has 0 amide bonds. The van der Waals surface area contributed by atoms with E-state index in [-0.39, 0.29) is 6.10 Å². The van der Waals surface area contributed by atoms with Gasteiger partial charge < -0.3 is 19.9 Å². The number of ether oxygens (including phenoxy) is 2. The summed E-state index contributed by atoms with van der Waals surface area (Å²) in [6.07, 6.45) is 4.02. The normalized spacial score (nSPS) is 17.9. The lowest BCUT2D eigenvalue weighted by molar-refractivity contribution is 0.126. The summed E-state index contributed by atoms with van der Waals surface area (Å²) in [5.41, 5.74) is 4.82. The second-order valence-electron chi connectivity index (χ2n) is 7.47. The molecule has 162 valence electrons. The number of nitrogens with zero attached hydrogens (tertiary/aromatic N) is 1. The first-order valence-electron chi connectivity index (χ1n) is 10.7. The minimum absolute atomic E-state index is 0.187. The van der Waals surface area contributed by atoms with Crippen molar-refractivity contribution in [2.75, 3.05) is 19.5 Å². The Morgan fingerprint density at radius 3 is 2.33 bits per heavy atom. The van der Waals surface area contributed by atoms with Crippen LogP contribution in [0.25, 0.3) is 0 Å². The Morgan fingerprint density at radius 1 is 1.03 bits per heavy atom. The summed E-state index contributed by atoms with van der Waals surface area (Å²) in [6.45, 7) is 6.01. The van der Waals surface area contributed by atoms with E-state index in [9.17, 15) is 10.4 Å². The summed E-state index contributed by atoms with van der Waals surface area (Å²) >= 11 is 0. The fourth-order valence-corrected chi connectivity index (χ4v) is 3.92. The summed E-state index contributed by atoms with van der Waals surface area (Å²) in [4.78, 5) is 0. The van der Waals surface area contributed by atoms with E-state index in [2.05, 4.69) is 23.5 Å². The molecule has 2 aromatic carbocycles. The topological polar surface area (TPSA) is 74.5 Å². The maximum atomic E-state index is 9.71. The smallest absolute Gasteiger partial charge is 0.163 e. The van der Waals surface area contributed by atoms with Gasteiger partial charge in [-0.3, -0.25) is 0 Å². The van der Waals surface area contributed by atoms with Gasteiger partial charge >= 0.3 is 0 Å². The molecule has 0 saturated heterocycles. The van der Waals surface area contributed by atoms with Gasteiger partial charge in [-0.15, -0.1) is 0 Å². The molecule has 0 aliphatic heterocycles. The molecule has 0 aromatic heterocycles. The second-order valence-corrected chi connectivity index (χ2v) is 7.47. The Bertz CT molecular complexity index is 865. The van der Waals surface area contributed by atoms with Crippen LogP contribution in [0.15, 0.2) is 30.3 Å². The molecule has 0 spiro atoms. The number of nitrogens with one attached hydrogen (secondary N) is 1. The third-order valence-corrected chi connectivity index (χ3v) is 5.39. The molecule has 0 atom stereocenters. The van der Waals surface area contributed by atoms with Gasteiger partial charge in [0, 0.05) is 6.04 Å². The molecule has 1 saturated carbocycles. The molecule has 2 aromatic rings. The monoisotopic (exact) mass is 410 g/mol. The Kier molecular flexibility index (Phi) is 9.01. The highest BCUT2D eigenvalue weighted by Gasteiger charge is 2.20. The van der Waals surface area contributed by atoms with E-state index >= 15 is 0 Å². The quantitative estimate of drug-likeness (QED) is 0.683. The van der Waals surface area contributed by atoms with Crippen LogP contribution in [0.1, 0.15) is 61.8 Å². The van der Waals surface area contributed by atoms with Crippen molar-refractivity contribution in [1.29, 1.82) is 5.26 Å². The van der Waals surface area contributed by atoms with Gasteiger partial charge in [0.1, 0.15) is 6.07 Å². The van der Waals surface area contributed by atoms with Crippen LogP contribution in [-0.2, 0) is 6.42 Å². The van der Waals surface area contributed by atoms with Gasteiger partial charge in [-0.1, -0.05) is 26.0 Å². The van der Waals surface area contributed by atoms with Crippen molar-refractivity contribution in [2.45, 2.75) is 65.0 Å². The summed E-state index contributed by atoms with van der Waals surface area (Å²) in [5, 5.41) is 22.7. The van der Waals surface area contributed by atoms with Gasteiger partial charge in [0.25, 0.3) is 0 Å². The number of anilines is 1. The minimum Gasteiger partial charge on any atom is -0.493 e. The first-order chi connectivity index (χ1) is 14.5. The summed E-state index contributed by atoms with van der Waals surface area (Å²) in [5.74, 6) is 1.48. The highest BCUT2D eigenvalue weighted by molar-refractivity contribution is 5.60. The fourth-order valence-electron chi connectivity index (χ4n) is 3.92. The van der Waals surface area contributed by atoms with Crippen LogP contribution < -0.4 is 14.8 Å². The maximum absolute atomic E-state index is 9.71. The first-order valence-corrected chi connectivity index (χ1v) is 10.7.